The van der Waals surface area contributed by atoms with Gasteiger partial charge in [-0.3, -0.25) is 14.7 Å². The van der Waals surface area contributed by atoms with Gasteiger partial charge in [-0.05, 0) is 37.8 Å². The van der Waals surface area contributed by atoms with Crippen molar-refractivity contribution < 1.29 is 4.79 Å². The number of carbonyl (C=O) groups is 1. The summed E-state index contributed by atoms with van der Waals surface area (Å²) in [6, 6.07) is 3.79. The van der Waals surface area contributed by atoms with Crippen molar-refractivity contribution in [1.82, 2.24) is 19.8 Å². The molecular weight excluding hydrogens is 320 g/mol. The molecule has 0 unspecified atom stereocenters. The molecule has 0 radical (unpaired) electrons. The summed E-state index contributed by atoms with van der Waals surface area (Å²) in [7, 11) is 0. The van der Waals surface area contributed by atoms with Crippen molar-refractivity contribution in [2.45, 2.75) is 20.4 Å². The maximum Gasteiger partial charge on any atom is 0.255 e. The quantitative estimate of drug-likeness (QED) is 0.859. The van der Waals surface area contributed by atoms with Gasteiger partial charge in [-0.2, -0.15) is 0 Å². The summed E-state index contributed by atoms with van der Waals surface area (Å²) < 4.78 is 0. The molecule has 0 aromatic carbocycles. The number of amides is 1. The number of hydrogen-bond donors (Lipinski definition) is 0. The van der Waals surface area contributed by atoms with Crippen molar-refractivity contribution in [3.05, 3.63) is 45.7 Å². The number of pyridine rings is 1. The van der Waals surface area contributed by atoms with E-state index in [0.717, 1.165) is 43.4 Å². The fraction of sp³-hybridized carbons (Fsp3) is 0.500. The maximum absolute atomic E-state index is 12.6. The highest BCUT2D eigenvalue weighted by molar-refractivity contribution is 7.09. The number of rotatable bonds is 3. The number of aromatic nitrogens is 2. The summed E-state index contributed by atoms with van der Waals surface area (Å²) in [5.74, 6) is 1.30. The second-order valence-corrected chi connectivity index (χ2v) is 8.03. The first-order chi connectivity index (χ1) is 11.6. The summed E-state index contributed by atoms with van der Waals surface area (Å²) in [5, 5.41) is 3.29. The first-order valence-corrected chi connectivity index (χ1v) is 9.32. The minimum absolute atomic E-state index is 0.124. The van der Waals surface area contributed by atoms with E-state index in [-0.39, 0.29) is 5.91 Å². The Bertz CT molecular complexity index is 728. The standard InChI is InChI=1S/C18H22N4OS/c1-12-3-4-14(5-19-12)18(23)22-8-15-6-21(7-16(15)9-22)10-17-11-24-13(2)20-17/h3-5,11,15-16H,6-10H2,1-2H3/t15-,16+. The normalized spacial score (nSPS) is 23.7. The van der Waals surface area contributed by atoms with Crippen LogP contribution in [0.2, 0.25) is 0 Å². The van der Waals surface area contributed by atoms with E-state index in [4.69, 9.17) is 0 Å². The van der Waals surface area contributed by atoms with E-state index in [9.17, 15) is 4.79 Å². The lowest BCUT2D eigenvalue weighted by atomic mass is 10.0. The Hall–Kier alpha value is -1.79. The molecule has 24 heavy (non-hydrogen) atoms. The molecule has 2 aliphatic heterocycles. The molecule has 0 bridgehead atoms. The second kappa shape index (κ2) is 6.26. The number of nitrogens with zero attached hydrogens (tertiary/aromatic N) is 4. The molecule has 2 aliphatic rings. The smallest absolute Gasteiger partial charge is 0.255 e. The van der Waals surface area contributed by atoms with Gasteiger partial charge < -0.3 is 4.90 Å². The van der Waals surface area contributed by atoms with Crippen LogP contribution in [0.15, 0.2) is 23.7 Å². The van der Waals surface area contributed by atoms with E-state index in [1.807, 2.05) is 24.0 Å². The fourth-order valence-electron chi connectivity index (χ4n) is 3.87. The molecule has 2 fully saturated rings. The van der Waals surface area contributed by atoms with Gasteiger partial charge in [0.25, 0.3) is 5.91 Å². The minimum atomic E-state index is 0.124. The Kier molecular flexibility index (Phi) is 4.10. The molecule has 4 rings (SSSR count). The molecule has 2 atom stereocenters. The number of aryl methyl sites for hydroxylation is 2. The van der Waals surface area contributed by atoms with Crippen LogP contribution in [-0.4, -0.2) is 51.9 Å². The summed E-state index contributed by atoms with van der Waals surface area (Å²) in [6.45, 7) is 8.79. The number of thiazole rings is 1. The molecule has 5 nitrogen and oxygen atoms in total. The Morgan fingerprint density at radius 3 is 2.54 bits per heavy atom. The Morgan fingerprint density at radius 1 is 1.21 bits per heavy atom. The predicted octanol–water partition coefficient (Wildman–Crippen LogP) is 2.36. The van der Waals surface area contributed by atoms with Crippen molar-refractivity contribution >= 4 is 17.2 Å². The molecule has 126 valence electrons. The zero-order valence-electron chi connectivity index (χ0n) is 14.1. The molecule has 0 spiro atoms. The molecule has 2 aromatic heterocycles. The van der Waals surface area contributed by atoms with Crippen molar-refractivity contribution in [1.29, 1.82) is 0 Å². The summed E-state index contributed by atoms with van der Waals surface area (Å²) in [4.78, 5) is 25.9. The monoisotopic (exact) mass is 342 g/mol. The van der Waals surface area contributed by atoms with Gasteiger partial charge >= 0.3 is 0 Å². The highest BCUT2D eigenvalue weighted by Crippen LogP contribution is 2.32. The lowest BCUT2D eigenvalue weighted by Crippen LogP contribution is -2.33. The SMILES string of the molecule is Cc1ccc(C(=O)N2C[C@H]3CN(Cc4csc(C)n4)C[C@H]3C2)cn1. The third-order valence-electron chi connectivity index (χ3n) is 5.06. The van der Waals surface area contributed by atoms with E-state index in [0.29, 0.717) is 17.4 Å². The van der Waals surface area contributed by atoms with Gasteiger partial charge in [-0.1, -0.05) is 0 Å². The van der Waals surface area contributed by atoms with Crippen LogP contribution in [0.1, 0.15) is 26.8 Å². The lowest BCUT2D eigenvalue weighted by Gasteiger charge is -2.21. The van der Waals surface area contributed by atoms with E-state index >= 15 is 0 Å². The lowest BCUT2D eigenvalue weighted by molar-refractivity contribution is 0.0773. The zero-order valence-corrected chi connectivity index (χ0v) is 14.9. The number of likely N-dealkylation sites (tertiary alicyclic amines) is 2. The van der Waals surface area contributed by atoms with Crippen molar-refractivity contribution in [2.75, 3.05) is 26.2 Å². The first kappa shape index (κ1) is 15.7. The van der Waals surface area contributed by atoms with Crippen LogP contribution in [0, 0.1) is 25.7 Å². The summed E-state index contributed by atoms with van der Waals surface area (Å²) in [5.41, 5.74) is 2.82. The Morgan fingerprint density at radius 2 is 1.96 bits per heavy atom. The minimum Gasteiger partial charge on any atom is -0.338 e. The fourth-order valence-corrected chi connectivity index (χ4v) is 4.48. The van der Waals surface area contributed by atoms with E-state index in [1.54, 1.807) is 17.5 Å². The van der Waals surface area contributed by atoms with Crippen LogP contribution in [0.5, 0.6) is 0 Å². The van der Waals surface area contributed by atoms with Gasteiger partial charge in [-0.25, -0.2) is 4.98 Å². The third kappa shape index (κ3) is 3.08. The van der Waals surface area contributed by atoms with Crippen LogP contribution in [-0.2, 0) is 6.54 Å². The third-order valence-corrected chi connectivity index (χ3v) is 5.88. The van der Waals surface area contributed by atoms with Crippen LogP contribution in [0.4, 0.5) is 0 Å². The number of fused-ring (bicyclic) bond motifs is 1. The Balaban J connectivity index is 1.35. The molecule has 0 aliphatic carbocycles. The molecule has 6 heteroatoms. The van der Waals surface area contributed by atoms with Crippen molar-refractivity contribution in [3.8, 4) is 0 Å². The van der Waals surface area contributed by atoms with E-state index in [1.165, 1.54) is 5.69 Å². The molecule has 0 saturated carbocycles. The topological polar surface area (TPSA) is 49.3 Å². The molecule has 1 amide bonds. The summed E-state index contributed by atoms with van der Waals surface area (Å²) in [6.07, 6.45) is 1.70. The van der Waals surface area contributed by atoms with Crippen molar-refractivity contribution in [2.24, 2.45) is 11.8 Å². The van der Waals surface area contributed by atoms with Gasteiger partial charge in [0, 0.05) is 50.0 Å². The van der Waals surface area contributed by atoms with Gasteiger partial charge in [0.2, 0.25) is 0 Å². The van der Waals surface area contributed by atoms with Gasteiger partial charge in [-0.15, -0.1) is 11.3 Å². The van der Waals surface area contributed by atoms with Crippen LogP contribution in [0.25, 0.3) is 0 Å². The molecule has 0 N–H and O–H groups in total. The van der Waals surface area contributed by atoms with Crippen LogP contribution in [0.3, 0.4) is 0 Å². The average Bonchev–Trinajstić information content (AvgIpc) is 3.22. The van der Waals surface area contributed by atoms with Crippen molar-refractivity contribution in [3.63, 3.8) is 0 Å². The largest absolute Gasteiger partial charge is 0.338 e. The predicted molar refractivity (Wildman–Crippen MR) is 94.0 cm³/mol. The first-order valence-electron chi connectivity index (χ1n) is 8.44. The highest BCUT2D eigenvalue weighted by Gasteiger charge is 2.41. The maximum atomic E-state index is 12.6. The second-order valence-electron chi connectivity index (χ2n) is 6.97. The molecule has 2 aromatic rings. The number of carbonyl (C=O) groups excluding carboxylic acids is 1. The van der Waals surface area contributed by atoms with Crippen LogP contribution < -0.4 is 0 Å². The van der Waals surface area contributed by atoms with Crippen LogP contribution >= 0.6 is 11.3 Å². The van der Waals surface area contributed by atoms with Gasteiger partial charge in [0.1, 0.15) is 0 Å². The zero-order chi connectivity index (χ0) is 16.7. The average molecular weight is 342 g/mol. The molecule has 4 heterocycles. The highest BCUT2D eigenvalue weighted by atomic mass is 32.1. The molecule has 2 saturated heterocycles. The van der Waals surface area contributed by atoms with E-state index < -0.39 is 0 Å². The summed E-state index contributed by atoms with van der Waals surface area (Å²) >= 11 is 1.72. The van der Waals surface area contributed by atoms with E-state index in [2.05, 4.69) is 27.2 Å². The van der Waals surface area contributed by atoms with Gasteiger partial charge in [0.05, 0.1) is 16.3 Å². The van der Waals surface area contributed by atoms with Gasteiger partial charge in [0.15, 0.2) is 0 Å². The molecular formula is C18H22N4OS. The Labute approximate surface area is 146 Å². The number of hydrogen-bond acceptors (Lipinski definition) is 5.